The van der Waals surface area contributed by atoms with E-state index in [0.717, 1.165) is 39.3 Å². The SMILES string of the molecule is CCC(=O)c1cccc(NC(=O)N(CCC(c2ccccc2)c2ccccc2)CCN2CCOCC2)c1. The van der Waals surface area contributed by atoms with Gasteiger partial charge in [0.05, 0.1) is 13.2 Å². The molecular weight excluding hydrogens is 462 g/mol. The van der Waals surface area contributed by atoms with Gasteiger partial charge < -0.3 is 15.0 Å². The molecule has 0 aromatic heterocycles. The molecule has 6 heteroatoms. The van der Waals surface area contributed by atoms with E-state index in [1.54, 1.807) is 12.1 Å². The molecule has 3 aromatic rings. The number of ether oxygens (including phenoxy) is 1. The number of hydrogen-bond donors (Lipinski definition) is 1. The Bertz CT molecular complexity index is 1090. The molecule has 4 rings (SSSR count). The third kappa shape index (κ3) is 7.75. The fourth-order valence-electron chi connectivity index (χ4n) is 4.76. The Morgan fingerprint density at radius 1 is 0.892 bits per heavy atom. The molecule has 0 radical (unpaired) electrons. The lowest BCUT2D eigenvalue weighted by Crippen LogP contribution is -2.44. The van der Waals surface area contributed by atoms with Crippen molar-refractivity contribution >= 4 is 17.5 Å². The molecule has 0 bridgehead atoms. The third-order valence-corrected chi connectivity index (χ3v) is 6.93. The quantitative estimate of drug-likeness (QED) is 0.346. The highest BCUT2D eigenvalue weighted by Crippen LogP contribution is 2.28. The van der Waals surface area contributed by atoms with E-state index in [2.05, 4.69) is 58.7 Å². The van der Waals surface area contributed by atoms with Crippen LogP contribution in [0.1, 0.15) is 47.2 Å². The summed E-state index contributed by atoms with van der Waals surface area (Å²) in [5, 5.41) is 3.04. The van der Waals surface area contributed by atoms with Gasteiger partial charge in [-0.05, 0) is 29.7 Å². The summed E-state index contributed by atoms with van der Waals surface area (Å²) in [5.41, 5.74) is 3.75. The molecule has 1 saturated heterocycles. The Morgan fingerprint density at radius 3 is 2.16 bits per heavy atom. The first kappa shape index (κ1) is 26.6. The first-order valence-corrected chi connectivity index (χ1v) is 13.2. The van der Waals surface area contributed by atoms with Gasteiger partial charge in [-0.15, -0.1) is 0 Å². The Morgan fingerprint density at radius 2 is 1.54 bits per heavy atom. The molecular formula is C31H37N3O3. The Labute approximate surface area is 220 Å². The molecule has 0 atom stereocenters. The number of urea groups is 1. The Hall–Kier alpha value is -3.48. The third-order valence-electron chi connectivity index (χ3n) is 6.93. The highest BCUT2D eigenvalue weighted by atomic mass is 16.5. The van der Waals surface area contributed by atoms with Gasteiger partial charge in [0, 0.05) is 56.3 Å². The van der Waals surface area contributed by atoms with Gasteiger partial charge in [-0.1, -0.05) is 79.7 Å². The highest BCUT2D eigenvalue weighted by Gasteiger charge is 2.21. The normalized spacial score (nSPS) is 13.9. The van der Waals surface area contributed by atoms with Gasteiger partial charge in [-0.25, -0.2) is 4.79 Å². The molecule has 0 saturated carbocycles. The van der Waals surface area contributed by atoms with Crippen LogP contribution in [0.25, 0.3) is 0 Å². The van der Waals surface area contributed by atoms with E-state index in [0.29, 0.717) is 30.8 Å². The Kier molecular flexibility index (Phi) is 9.86. The molecule has 6 nitrogen and oxygen atoms in total. The maximum Gasteiger partial charge on any atom is 0.321 e. The second-order valence-corrected chi connectivity index (χ2v) is 9.39. The largest absolute Gasteiger partial charge is 0.379 e. The van der Waals surface area contributed by atoms with Crippen LogP contribution in [0.15, 0.2) is 84.9 Å². The molecule has 2 amide bonds. The predicted octanol–water partition coefficient (Wildman–Crippen LogP) is 5.67. The fourth-order valence-corrected chi connectivity index (χ4v) is 4.76. The van der Waals surface area contributed by atoms with Crippen LogP contribution in [0.5, 0.6) is 0 Å². The van der Waals surface area contributed by atoms with Gasteiger partial charge in [0.15, 0.2) is 5.78 Å². The van der Waals surface area contributed by atoms with Crippen LogP contribution in [0.3, 0.4) is 0 Å². The highest BCUT2D eigenvalue weighted by molar-refractivity contribution is 5.98. The van der Waals surface area contributed by atoms with Gasteiger partial charge in [0.2, 0.25) is 0 Å². The summed E-state index contributed by atoms with van der Waals surface area (Å²) in [7, 11) is 0. The van der Waals surface area contributed by atoms with Crippen LogP contribution >= 0.6 is 0 Å². The summed E-state index contributed by atoms with van der Waals surface area (Å²) < 4.78 is 5.49. The lowest BCUT2D eigenvalue weighted by atomic mass is 9.88. The first-order chi connectivity index (χ1) is 18.1. The van der Waals surface area contributed by atoms with Crippen molar-refractivity contribution in [2.24, 2.45) is 0 Å². The number of carbonyl (C=O) groups excluding carboxylic acids is 2. The minimum atomic E-state index is -0.144. The summed E-state index contributed by atoms with van der Waals surface area (Å²) >= 11 is 0. The van der Waals surface area contributed by atoms with E-state index in [1.165, 1.54) is 11.1 Å². The molecule has 3 aromatic carbocycles. The molecule has 194 valence electrons. The predicted molar refractivity (Wildman–Crippen MR) is 148 cm³/mol. The van der Waals surface area contributed by atoms with E-state index in [4.69, 9.17) is 4.74 Å². The van der Waals surface area contributed by atoms with Crippen molar-refractivity contribution in [2.45, 2.75) is 25.7 Å². The zero-order chi connectivity index (χ0) is 25.9. The molecule has 0 aliphatic carbocycles. The summed E-state index contributed by atoms with van der Waals surface area (Å²) in [6.07, 6.45) is 1.24. The lowest BCUT2D eigenvalue weighted by molar-refractivity contribution is 0.0351. The molecule has 37 heavy (non-hydrogen) atoms. The minimum Gasteiger partial charge on any atom is -0.379 e. The minimum absolute atomic E-state index is 0.0637. The second-order valence-electron chi connectivity index (χ2n) is 9.39. The maximum atomic E-state index is 13.5. The molecule has 1 N–H and O–H groups in total. The van der Waals surface area contributed by atoms with Crippen LogP contribution in [0.4, 0.5) is 10.5 Å². The number of amides is 2. The van der Waals surface area contributed by atoms with E-state index < -0.39 is 0 Å². The van der Waals surface area contributed by atoms with Gasteiger partial charge in [0.25, 0.3) is 0 Å². The summed E-state index contributed by atoms with van der Waals surface area (Å²) in [4.78, 5) is 29.9. The average molecular weight is 500 g/mol. The van der Waals surface area contributed by atoms with Crippen molar-refractivity contribution < 1.29 is 14.3 Å². The molecule has 1 fully saturated rings. The van der Waals surface area contributed by atoms with Crippen LogP contribution in [-0.2, 0) is 4.74 Å². The summed E-state index contributed by atoms with van der Waals surface area (Å²) in [6.45, 7) is 7.10. The molecule has 1 heterocycles. The Balaban J connectivity index is 1.50. The molecule has 1 aliphatic rings. The van der Waals surface area contributed by atoms with Crippen LogP contribution in [0.2, 0.25) is 0 Å². The van der Waals surface area contributed by atoms with E-state index in [1.807, 2.05) is 36.1 Å². The number of ketones is 1. The maximum absolute atomic E-state index is 13.5. The number of benzene rings is 3. The number of rotatable bonds is 11. The van der Waals surface area contributed by atoms with Crippen LogP contribution in [0, 0.1) is 0 Å². The van der Waals surface area contributed by atoms with Crippen molar-refractivity contribution in [1.82, 2.24) is 9.80 Å². The number of carbonyl (C=O) groups is 2. The topological polar surface area (TPSA) is 61.9 Å². The van der Waals surface area contributed by atoms with Crippen molar-refractivity contribution in [2.75, 3.05) is 51.3 Å². The van der Waals surface area contributed by atoms with Crippen molar-refractivity contribution in [3.05, 3.63) is 102 Å². The standard InChI is InChI=1S/C31H37N3O3/c1-2-30(35)27-14-9-15-28(24-27)32-31(36)34(19-18-33-20-22-37-23-21-33)17-16-29(25-10-5-3-6-11-25)26-12-7-4-8-13-26/h3-15,24,29H,2,16-23H2,1H3,(H,32,36). The van der Waals surface area contributed by atoms with Crippen LogP contribution < -0.4 is 5.32 Å². The number of Topliss-reactive ketones (excluding diaryl/α,β-unsaturated/α-hetero) is 1. The van der Waals surface area contributed by atoms with Gasteiger partial charge in [-0.3, -0.25) is 9.69 Å². The van der Waals surface area contributed by atoms with Gasteiger partial charge >= 0.3 is 6.03 Å². The molecule has 0 unspecified atom stereocenters. The number of nitrogens with zero attached hydrogens (tertiary/aromatic N) is 2. The number of morpholine rings is 1. The van der Waals surface area contributed by atoms with E-state index in [-0.39, 0.29) is 17.7 Å². The molecule has 1 aliphatic heterocycles. The van der Waals surface area contributed by atoms with Gasteiger partial charge in [-0.2, -0.15) is 0 Å². The van der Waals surface area contributed by atoms with Gasteiger partial charge in [0.1, 0.15) is 0 Å². The van der Waals surface area contributed by atoms with Crippen molar-refractivity contribution in [3.63, 3.8) is 0 Å². The smallest absolute Gasteiger partial charge is 0.321 e. The summed E-state index contributed by atoms with van der Waals surface area (Å²) in [5.74, 6) is 0.250. The monoisotopic (exact) mass is 499 g/mol. The summed E-state index contributed by atoms with van der Waals surface area (Å²) in [6, 6.07) is 28.0. The van der Waals surface area contributed by atoms with E-state index in [9.17, 15) is 9.59 Å². The number of hydrogen-bond acceptors (Lipinski definition) is 4. The zero-order valence-electron chi connectivity index (χ0n) is 21.6. The van der Waals surface area contributed by atoms with Crippen molar-refractivity contribution in [1.29, 1.82) is 0 Å². The first-order valence-electron chi connectivity index (χ1n) is 13.2. The fraction of sp³-hybridized carbons (Fsp3) is 0.355. The van der Waals surface area contributed by atoms with Crippen molar-refractivity contribution in [3.8, 4) is 0 Å². The zero-order valence-corrected chi connectivity index (χ0v) is 21.6. The lowest BCUT2D eigenvalue weighted by Gasteiger charge is -2.31. The van der Waals surface area contributed by atoms with E-state index >= 15 is 0 Å². The molecule has 0 spiro atoms. The average Bonchev–Trinajstić information content (AvgIpc) is 2.96. The van der Waals surface area contributed by atoms with Crippen LogP contribution in [-0.4, -0.2) is 67.6 Å². The second kappa shape index (κ2) is 13.7. The number of anilines is 1. The number of nitrogens with one attached hydrogen (secondary N) is 1.